The van der Waals surface area contributed by atoms with Gasteiger partial charge in [-0.2, -0.15) is 0 Å². The first-order valence-corrected chi connectivity index (χ1v) is 11.1. The third-order valence-electron chi connectivity index (χ3n) is 4.95. The van der Waals surface area contributed by atoms with Crippen LogP contribution in [-0.4, -0.2) is 46.6 Å². The number of hydrogen-bond acceptors (Lipinski definition) is 6. The second kappa shape index (κ2) is 9.21. The van der Waals surface area contributed by atoms with Crippen molar-refractivity contribution in [1.29, 1.82) is 0 Å². The number of rotatable bonds is 5. The lowest BCUT2D eigenvalue weighted by molar-refractivity contribution is -0.119. The van der Waals surface area contributed by atoms with Crippen molar-refractivity contribution in [2.24, 2.45) is 0 Å². The van der Waals surface area contributed by atoms with E-state index in [2.05, 4.69) is 15.5 Å². The van der Waals surface area contributed by atoms with Gasteiger partial charge in [0.1, 0.15) is 16.8 Å². The molecule has 0 unspecified atom stereocenters. The summed E-state index contributed by atoms with van der Waals surface area (Å²) >= 11 is 13.2. The van der Waals surface area contributed by atoms with Crippen molar-refractivity contribution < 1.29 is 14.3 Å². The Kier molecular flexibility index (Phi) is 6.41. The molecule has 2 heterocycles. The Hall–Kier alpha value is -2.68. The minimum absolute atomic E-state index is 0.259. The van der Waals surface area contributed by atoms with Crippen LogP contribution in [0.3, 0.4) is 0 Å². The van der Waals surface area contributed by atoms with Crippen LogP contribution in [0.1, 0.15) is 23.2 Å². The fraction of sp³-hybridized carbons (Fsp3) is 0.238. The van der Waals surface area contributed by atoms with Gasteiger partial charge in [0.15, 0.2) is 0 Å². The van der Waals surface area contributed by atoms with Gasteiger partial charge >= 0.3 is 0 Å². The third kappa shape index (κ3) is 4.66. The lowest BCUT2D eigenvalue weighted by Crippen LogP contribution is -2.43. The molecule has 0 radical (unpaired) electrons. The van der Waals surface area contributed by atoms with Gasteiger partial charge in [0.2, 0.25) is 11.0 Å². The molecule has 1 aliphatic rings. The molecule has 1 aliphatic heterocycles. The molecule has 4 rings (SSSR count). The maximum atomic E-state index is 12.9. The Balaban J connectivity index is 1.47. The average molecular weight is 477 g/mol. The third-order valence-corrected chi connectivity index (χ3v) is 6.58. The molecule has 0 bridgehead atoms. The molecule has 1 atom stereocenters. The van der Waals surface area contributed by atoms with Gasteiger partial charge in [-0.15, -0.1) is 10.2 Å². The van der Waals surface area contributed by atoms with Crippen LogP contribution in [-0.2, 0) is 4.79 Å². The summed E-state index contributed by atoms with van der Waals surface area (Å²) in [5.41, 5.74) is 1.24. The summed E-state index contributed by atoms with van der Waals surface area (Å²) < 4.78 is 5.23. The number of ether oxygens (including phenoxy) is 1. The minimum Gasteiger partial charge on any atom is -0.497 e. The van der Waals surface area contributed by atoms with Crippen LogP contribution in [0, 0.1) is 0 Å². The number of halogens is 2. The molecule has 7 nitrogen and oxygen atoms in total. The Morgan fingerprint density at radius 2 is 2.00 bits per heavy atom. The number of amides is 2. The van der Waals surface area contributed by atoms with Crippen molar-refractivity contribution >= 4 is 51.5 Å². The van der Waals surface area contributed by atoms with Crippen LogP contribution in [0.4, 0.5) is 5.13 Å². The normalized spacial score (nSPS) is 15.7. The predicted molar refractivity (Wildman–Crippen MR) is 121 cm³/mol. The minimum atomic E-state index is -0.592. The molecule has 2 aromatic carbocycles. The van der Waals surface area contributed by atoms with E-state index in [9.17, 15) is 9.59 Å². The highest BCUT2D eigenvalue weighted by Crippen LogP contribution is 2.30. The zero-order valence-electron chi connectivity index (χ0n) is 16.5. The molecular formula is C21H18Cl2N4O3S. The first-order chi connectivity index (χ1) is 15.0. The molecule has 1 fully saturated rings. The number of aromatic nitrogens is 2. The quantitative estimate of drug-likeness (QED) is 0.573. The number of methoxy groups -OCH3 is 1. The van der Waals surface area contributed by atoms with E-state index < -0.39 is 6.04 Å². The van der Waals surface area contributed by atoms with E-state index in [4.69, 9.17) is 27.9 Å². The summed E-state index contributed by atoms with van der Waals surface area (Å²) in [4.78, 5) is 27.4. The van der Waals surface area contributed by atoms with E-state index in [-0.39, 0.29) is 11.8 Å². The first kappa shape index (κ1) is 21.5. The number of nitrogens with one attached hydrogen (secondary N) is 1. The first-order valence-electron chi connectivity index (χ1n) is 9.51. The van der Waals surface area contributed by atoms with Crippen molar-refractivity contribution in [1.82, 2.24) is 15.1 Å². The molecule has 1 aromatic heterocycles. The highest BCUT2D eigenvalue weighted by atomic mass is 35.5. The lowest BCUT2D eigenvalue weighted by atomic mass is 10.1. The van der Waals surface area contributed by atoms with E-state index in [1.54, 1.807) is 24.1 Å². The average Bonchev–Trinajstić information content (AvgIpc) is 3.45. The number of carbonyl (C=O) groups excluding carboxylic acids is 2. The molecule has 1 saturated heterocycles. The summed E-state index contributed by atoms with van der Waals surface area (Å²) in [5.74, 6) is 0.158. The molecular weight excluding hydrogens is 459 g/mol. The van der Waals surface area contributed by atoms with E-state index in [0.717, 1.165) is 12.0 Å². The summed E-state index contributed by atoms with van der Waals surface area (Å²) in [6.07, 6.45) is 1.30. The number of benzene rings is 2. The molecule has 0 aliphatic carbocycles. The van der Waals surface area contributed by atoms with Gasteiger partial charge in [0.05, 0.1) is 17.2 Å². The molecule has 0 saturated carbocycles. The molecule has 160 valence electrons. The fourth-order valence-electron chi connectivity index (χ4n) is 3.41. The lowest BCUT2D eigenvalue weighted by Gasteiger charge is -2.23. The van der Waals surface area contributed by atoms with Gasteiger partial charge in [0, 0.05) is 17.7 Å². The van der Waals surface area contributed by atoms with Crippen LogP contribution >= 0.6 is 34.5 Å². The van der Waals surface area contributed by atoms with Crippen molar-refractivity contribution in [2.45, 2.75) is 18.9 Å². The maximum absolute atomic E-state index is 12.9. The predicted octanol–water partition coefficient (Wildman–Crippen LogP) is 4.76. The molecule has 10 heteroatoms. The molecule has 1 N–H and O–H groups in total. The van der Waals surface area contributed by atoms with Crippen LogP contribution in [0.2, 0.25) is 10.0 Å². The second-order valence-electron chi connectivity index (χ2n) is 6.92. The molecule has 0 spiro atoms. The van der Waals surface area contributed by atoms with Crippen molar-refractivity contribution in [2.75, 3.05) is 19.0 Å². The van der Waals surface area contributed by atoms with E-state index in [1.807, 2.05) is 24.3 Å². The summed E-state index contributed by atoms with van der Waals surface area (Å²) in [7, 11) is 1.59. The van der Waals surface area contributed by atoms with E-state index in [1.165, 1.54) is 17.4 Å². The van der Waals surface area contributed by atoms with Gasteiger partial charge in [-0.05, 0) is 43.2 Å². The van der Waals surface area contributed by atoms with Crippen molar-refractivity contribution in [3.63, 3.8) is 0 Å². The highest BCUT2D eigenvalue weighted by molar-refractivity contribution is 7.18. The largest absolute Gasteiger partial charge is 0.497 e. The van der Waals surface area contributed by atoms with Gasteiger partial charge in [-0.1, -0.05) is 46.7 Å². The summed E-state index contributed by atoms with van der Waals surface area (Å²) in [6.45, 7) is 0.488. The monoisotopic (exact) mass is 476 g/mol. The van der Waals surface area contributed by atoms with Crippen LogP contribution in [0.25, 0.3) is 10.6 Å². The zero-order chi connectivity index (χ0) is 22.0. The van der Waals surface area contributed by atoms with Gasteiger partial charge in [0.25, 0.3) is 5.91 Å². The number of likely N-dealkylation sites (tertiary alicyclic amines) is 1. The molecule has 3 aromatic rings. The highest BCUT2D eigenvalue weighted by Gasteiger charge is 2.35. The van der Waals surface area contributed by atoms with Gasteiger partial charge in [-0.25, -0.2) is 0 Å². The topological polar surface area (TPSA) is 84.4 Å². The van der Waals surface area contributed by atoms with Crippen LogP contribution < -0.4 is 10.1 Å². The van der Waals surface area contributed by atoms with E-state index >= 15 is 0 Å². The number of anilines is 1. The van der Waals surface area contributed by atoms with Gasteiger partial charge < -0.3 is 9.64 Å². The number of nitrogens with zero attached hydrogens (tertiary/aromatic N) is 3. The SMILES string of the molecule is COc1cccc(-c2nnc(NC(=O)[C@H]3CCCN3C(=O)c3ccc(Cl)c(Cl)c3)s2)c1. The van der Waals surface area contributed by atoms with Crippen molar-refractivity contribution in [3.05, 3.63) is 58.1 Å². The molecule has 31 heavy (non-hydrogen) atoms. The standard InChI is InChI=1S/C21H18Cl2N4O3S/c1-30-14-5-2-4-12(10-14)19-25-26-21(31-19)24-18(28)17-6-3-9-27(17)20(29)13-7-8-15(22)16(23)11-13/h2,4-5,7-8,10-11,17H,3,6,9H2,1H3,(H,24,26,28)/t17-/m1/s1. The number of hydrogen-bond donors (Lipinski definition) is 1. The Morgan fingerprint density at radius 1 is 1.16 bits per heavy atom. The summed E-state index contributed by atoms with van der Waals surface area (Å²) in [5, 5.41) is 12.7. The Morgan fingerprint density at radius 3 is 2.77 bits per heavy atom. The van der Waals surface area contributed by atoms with Crippen LogP contribution in [0.5, 0.6) is 5.75 Å². The smallest absolute Gasteiger partial charge is 0.254 e. The number of carbonyl (C=O) groups is 2. The van der Waals surface area contributed by atoms with Crippen molar-refractivity contribution in [3.8, 4) is 16.3 Å². The zero-order valence-corrected chi connectivity index (χ0v) is 18.8. The summed E-state index contributed by atoms with van der Waals surface area (Å²) in [6, 6.07) is 11.5. The van der Waals surface area contributed by atoms with E-state index in [0.29, 0.717) is 44.5 Å². The molecule has 2 amide bonds. The Labute approximate surface area is 192 Å². The second-order valence-corrected chi connectivity index (χ2v) is 8.71. The maximum Gasteiger partial charge on any atom is 0.254 e. The fourth-order valence-corrected chi connectivity index (χ4v) is 4.45. The Bertz CT molecular complexity index is 1140. The van der Waals surface area contributed by atoms with Gasteiger partial charge in [-0.3, -0.25) is 14.9 Å². The van der Waals surface area contributed by atoms with Crippen LogP contribution in [0.15, 0.2) is 42.5 Å².